The lowest BCUT2D eigenvalue weighted by Gasteiger charge is -2.23. The van der Waals surface area contributed by atoms with Crippen LogP contribution in [0.2, 0.25) is 0 Å². The molecular formula is C24H29F3N4O2. The van der Waals surface area contributed by atoms with Crippen molar-refractivity contribution in [2.45, 2.75) is 25.9 Å². The molecule has 0 aliphatic carbocycles. The molecule has 0 aromatic heterocycles. The minimum atomic E-state index is -4.24. The van der Waals surface area contributed by atoms with Crippen molar-refractivity contribution in [1.29, 1.82) is 0 Å². The molecule has 0 saturated carbocycles. The number of rotatable bonds is 6. The lowest BCUT2D eigenvalue weighted by molar-refractivity contribution is -0.145. The number of para-hydroxylation sites is 1. The van der Waals surface area contributed by atoms with Crippen LogP contribution in [-0.4, -0.2) is 67.2 Å². The Labute approximate surface area is 192 Å². The second kappa shape index (κ2) is 11.2. The molecule has 6 nitrogen and oxygen atoms in total. The van der Waals surface area contributed by atoms with Gasteiger partial charge in [-0.1, -0.05) is 30.3 Å². The molecule has 0 spiro atoms. The number of carbonyl (C=O) groups excluding carboxylic acids is 2. The first-order valence-electron chi connectivity index (χ1n) is 11.0. The van der Waals surface area contributed by atoms with Crippen LogP contribution in [0.3, 0.4) is 0 Å². The SMILES string of the molecule is CCN(C(=O)Cc1ccc(NC(=O)N2CCCN(CC(F)(F)F)CC2)cc1)c1ccccc1. The topological polar surface area (TPSA) is 55.9 Å². The summed E-state index contributed by atoms with van der Waals surface area (Å²) in [5.74, 6) is -0.0199. The van der Waals surface area contributed by atoms with E-state index in [9.17, 15) is 22.8 Å². The number of anilines is 2. The number of amides is 3. The fourth-order valence-electron chi connectivity index (χ4n) is 3.88. The Hall–Kier alpha value is -3.07. The third-order valence-corrected chi connectivity index (χ3v) is 5.52. The molecule has 1 N–H and O–H groups in total. The number of benzene rings is 2. The Bertz CT molecular complexity index is 920. The van der Waals surface area contributed by atoms with Crippen LogP contribution in [0.5, 0.6) is 0 Å². The van der Waals surface area contributed by atoms with E-state index in [1.165, 1.54) is 9.80 Å². The van der Waals surface area contributed by atoms with Gasteiger partial charge >= 0.3 is 12.2 Å². The molecule has 3 rings (SSSR count). The van der Waals surface area contributed by atoms with Gasteiger partial charge in [-0.15, -0.1) is 0 Å². The average Bonchev–Trinajstić information content (AvgIpc) is 3.01. The van der Waals surface area contributed by atoms with Gasteiger partial charge in [0, 0.05) is 44.1 Å². The van der Waals surface area contributed by atoms with Gasteiger partial charge in [-0.3, -0.25) is 9.69 Å². The van der Waals surface area contributed by atoms with E-state index in [4.69, 9.17) is 0 Å². The van der Waals surface area contributed by atoms with Crippen LogP contribution in [-0.2, 0) is 11.2 Å². The zero-order valence-corrected chi connectivity index (χ0v) is 18.6. The van der Waals surface area contributed by atoms with E-state index in [-0.39, 0.29) is 31.4 Å². The Morgan fingerprint density at radius 2 is 1.67 bits per heavy atom. The highest BCUT2D eigenvalue weighted by Crippen LogP contribution is 2.19. The maximum absolute atomic E-state index is 12.7. The Balaban J connectivity index is 1.53. The highest BCUT2D eigenvalue weighted by Gasteiger charge is 2.31. The van der Waals surface area contributed by atoms with Gasteiger partial charge in [-0.25, -0.2) is 4.79 Å². The Morgan fingerprint density at radius 1 is 0.970 bits per heavy atom. The molecule has 33 heavy (non-hydrogen) atoms. The fraction of sp³-hybridized carbons (Fsp3) is 0.417. The van der Waals surface area contributed by atoms with Crippen LogP contribution >= 0.6 is 0 Å². The summed E-state index contributed by atoms with van der Waals surface area (Å²) in [5, 5.41) is 2.79. The Morgan fingerprint density at radius 3 is 2.30 bits per heavy atom. The van der Waals surface area contributed by atoms with Crippen LogP contribution in [0.15, 0.2) is 54.6 Å². The maximum atomic E-state index is 12.7. The minimum Gasteiger partial charge on any atom is -0.323 e. The summed E-state index contributed by atoms with van der Waals surface area (Å²) >= 11 is 0. The van der Waals surface area contributed by atoms with Crippen molar-refractivity contribution >= 4 is 23.3 Å². The molecular weight excluding hydrogens is 433 g/mol. The summed E-state index contributed by atoms with van der Waals surface area (Å²) in [6.07, 6.45) is -3.52. The smallest absolute Gasteiger partial charge is 0.323 e. The van der Waals surface area contributed by atoms with E-state index < -0.39 is 12.7 Å². The monoisotopic (exact) mass is 462 g/mol. The maximum Gasteiger partial charge on any atom is 0.401 e. The van der Waals surface area contributed by atoms with E-state index in [0.717, 1.165) is 11.3 Å². The van der Waals surface area contributed by atoms with E-state index in [0.29, 0.717) is 31.7 Å². The summed E-state index contributed by atoms with van der Waals surface area (Å²) < 4.78 is 37.9. The van der Waals surface area contributed by atoms with Gasteiger partial charge in [0.25, 0.3) is 0 Å². The predicted molar refractivity (Wildman–Crippen MR) is 122 cm³/mol. The van der Waals surface area contributed by atoms with Crippen LogP contribution in [0.1, 0.15) is 18.9 Å². The van der Waals surface area contributed by atoms with Crippen LogP contribution < -0.4 is 10.2 Å². The molecule has 3 amide bonds. The molecule has 1 heterocycles. The zero-order chi connectivity index (χ0) is 23.8. The summed E-state index contributed by atoms with van der Waals surface area (Å²) in [6.45, 7) is 2.66. The number of nitrogens with one attached hydrogen (secondary N) is 1. The summed E-state index contributed by atoms with van der Waals surface area (Å²) in [5.41, 5.74) is 2.24. The van der Waals surface area contributed by atoms with Gasteiger partial charge in [-0.05, 0) is 43.2 Å². The fourth-order valence-corrected chi connectivity index (χ4v) is 3.88. The van der Waals surface area contributed by atoms with Crippen LogP contribution in [0.4, 0.5) is 29.3 Å². The number of urea groups is 1. The first-order chi connectivity index (χ1) is 15.7. The third kappa shape index (κ3) is 7.49. The third-order valence-electron chi connectivity index (χ3n) is 5.52. The summed E-state index contributed by atoms with van der Waals surface area (Å²) in [7, 11) is 0. The highest BCUT2D eigenvalue weighted by atomic mass is 19.4. The van der Waals surface area contributed by atoms with E-state index in [1.807, 2.05) is 37.3 Å². The molecule has 9 heteroatoms. The number of carbonyl (C=O) groups is 2. The number of alkyl halides is 3. The van der Waals surface area contributed by atoms with Crippen molar-refractivity contribution in [1.82, 2.24) is 9.80 Å². The second-order valence-electron chi connectivity index (χ2n) is 8.01. The van der Waals surface area contributed by atoms with Crippen molar-refractivity contribution in [2.75, 3.05) is 49.5 Å². The van der Waals surface area contributed by atoms with E-state index in [1.54, 1.807) is 29.2 Å². The molecule has 2 aromatic rings. The zero-order valence-electron chi connectivity index (χ0n) is 18.6. The summed E-state index contributed by atoms with van der Waals surface area (Å²) in [4.78, 5) is 29.9. The quantitative estimate of drug-likeness (QED) is 0.693. The van der Waals surface area contributed by atoms with Gasteiger partial charge in [-0.2, -0.15) is 13.2 Å². The number of halogens is 3. The summed E-state index contributed by atoms with van der Waals surface area (Å²) in [6, 6.07) is 16.2. The normalized spacial score (nSPS) is 15.1. The molecule has 0 unspecified atom stereocenters. The standard InChI is InChI=1S/C24H29F3N4O2/c1-2-31(21-7-4-3-5-8-21)22(32)17-19-9-11-20(12-10-19)28-23(33)30-14-6-13-29(15-16-30)18-24(25,26)27/h3-5,7-12H,2,6,13-18H2,1H3,(H,28,33). The number of nitrogens with zero attached hydrogens (tertiary/aromatic N) is 3. The number of hydrogen-bond donors (Lipinski definition) is 1. The van der Waals surface area contributed by atoms with Gasteiger partial charge in [0.15, 0.2) is 0 Å². The van der Waals surface area contributed by atoms with Gasteiger partial charge in [0.2, 0.25) is 5.91 Å². The second-order valence-corrected chi connectivity index (χ2v) is 8.01. The van der Waals surface area contributed by atoms with E-state index in [2.05, 4.69) is 5.32 Å². The van der Waals surface area contributed by atoms with Crippen molar-refractivity contribution < 1.29 is 22.8 Å². The lowest BCUT2D eigenvalue weighted by Crippen LogP contribution is -2.40. The molecule has 1 aliphatic heterocycles. The van der Waals surface area contributed by atoms with Gasteiger partial charge in [0.1, 0.15) is 0 Å². The van der Waals surface area contributed by atoms with Crippen molar-refractivity contribution in [3.05, 3.63) is 60.2 Å². The largest absolute Gasteiger partial charge is 0.401 e. The molecule has 1 saturated heterocycles. The van der Waals surface area contributed by atoms with Crippen molar-refractivity contribution in [3.8, 4) is 0 Å². The first kappa shape index (κ1) is 24.6. The molecule has 178 valence electrons. The Kier molecular flexibility index (Phi) is 8.32. The average molecular weight is 463 g/mol. The van der Waals surface area contributed by atoms with Gasteiger partial charge in [0.05, 0.1) is 13.0 Å². The van der Waals surface area contributed by atoms with Crippen molar-refractivity contribution in [3.63, 3.8) is 0 Å². The van der Waals surface area contributed by atoms with Crippen molar-refractivity contribution in [2.24, 2.45) is 0 Å². The molecule has 1 aliphatic rings. The molecule has 0 bridgehead atoms. The number of likely N-dealkylation sites (N-methyl/N-ethyl adjacent to an activating group) is 1. The van der Waals surface area contributed by atoms with Gasteiger partial charge < -0.3 is 15.1 Å². The van der Waals surface area contributed by atoms with Crippen LogP contribution in [0.25, 0.3) is 0 Å². The minimum absolute atomic E-state index is 0.0199. The lowest BCUT2D eigenvalue weighted by atomic mass is 10.1. The highest BCUT2D eigenvalue weighted by molar-refractivity contribution is 5.95. The predicted octanol–water partition coefficient (Wildman–Crippen LogP) is 4.38. The molecule has 2 aromatic carbocycles. The van der Waals surface area contributed by atoms with E-state index >= 15 is 0 Å². The molecule has 0 atom stereocenters. The van der Waals surface area contributed by atoms with Crippen LogP contribution in [0, 0.1) is 0 Å². The number of hydrogen-bond acceptors (Lipinski definition) is 3. The molecule has 0 radical (unpaired) electrons. The first-order valence-corrected chi connectivity index (χ1v) is 11.0. The molecule has 1 fully saturated rings.